The van der Waals surface area contributed by atoms with Crippen LogP contribution in [0.4, 0.5) is 8.78 Å². The Balaban J connectivity index is 1.58. The molecule has 1 aromatic carbocycles. The zero-order valence-electron chi connectivity index (χ0n) is 13.2. The Morgan fingerprint density at radius 1 is 1.24 bits per heavy atom. The van der Waals surface area contributed by atoms with E-state index >= 15 is 0 Å². The molecule has 0 radical (unpaired) electrons. The Morgan fingerprint density at radius 3 is 2.52 bits per heavy atom. The fourth-order valence-corrected chi connectivity index (χ4v) is 4.76. The van der Waals surface area contributed by atoms with E-state index in [1.807, 2.05) is 30.3 Å². The number of hydrogen-bond donors (Lipinski definition) is 1. The molecule has 2 bridgehead atoms. The van der Waals surface area contributed by atoms with Crippen molar-refractivity contribution in [3.05, 3.63) is 52.2 Å². The fraction of sp³-hybridized carbons (Fsp3) is 0.471. The molecule has 3 saturated carbocycles. The Hall–Kier alpha value is -2.51. The SMILES string of the molecule is O=C(O)C12CC(n3nc4n(c3=O)[C@H](c3ccccc3)CC4)(C1)C2(F)F. The van der Waals surface area contributed by atoms with Crippen LogP contribution in [-0.4, -0.2) is 31.3 Å². The first-order valence-corrected chi connectivity index (χ1v) is 8.21. The maximum atomic E-state index is 14.5. The molecule has 2 heterocycles. The number of halogens is 2. The zero-order valence-corrected chi connectivity index (χ0v) is 13.2. The maximum Gasteiger partial charge on any atom is 0.347 e. The number of benzene rings is 1. The van der Waals surface area contributed by atoms with Gasteiger partial charge >= 0.3 is 11.7 Å². The van der Waals surface area contributed by atoms with Gasteiger partial charge in [0, 0.05) is 19.3 Å². The minimum Gasteiger partial charge on any atom is -0.481 e. The summed E-state index contributed by atoms with van der Waals surface area (Å²) >= 11 is 0. The van der Waals surface area contributed by atoms with Crippen LogP contribution in [0.1, 0.15) is 36.7 Å². The first-order valence-electron chi connectivity index (χ1n) is 8.21. The number of aliphatic carboxylic acids is 1. The van der Waals surface area contributed by atoms with E-state index in [2.05, 4.69) is 5.10 Å². The van der Waals surface area contributed by atoms with E-state index in [0.717, 1.165) is 10.2 Å². The lowest BCUT2D eigenvalue weighted by Crippen LogP contribution is -2.87. The molecular formula is C17H15F2N3O3. The van der Waals surface area contributed by atoms with E-state index in [-0.39, 0.29) is 18.9 Å². The number of hydrogen-bond acceptors (Lipinski definition) is 3. The minimum atomic E-state index is -3.45. The Morgan fingerprint density at radius 2 is 1.92 bits per heavy atom. The Kier molecular flexibility index (Phi) is 2.47. The van der Waals surface area contributed by atoms with Crippen molar-refractivity contribution in [3.8, 4) is 0 Å². The molecule has 0 saturated heterocycles. The average molecular weight is 347 g/mol. The van der Waals surface area contributed by atoms with Crippen molar-refractivity contribution < 1.29 is 18.7 Å². The molecule has 6 nitrogen and oxygen atoms in total. The Bertz CT molecular complexity index is 957. The summed E-state index contributed by atoms with van der Waals surface area (Å²) in [6.45, 7) is 0. The van der Waals surface area contributed by atoms with Crippen molar-refractivity contribution in [3.63, 3.8) is 0 Å². The van der Waals surface area contributed by atoms with Crippen LogP contribution in [0.15, 0.2) is 35.1 Å². The molecule has 130 valence electrons. The molecule has 1 atom stereocenters. The van der Waals surface area contributed by atoms with Gasteiger partial charge in [0.2, 0.25) is 0 Å². The maximum absolute atomic E-state index is 14.5. The minimum absolute atomic E-state index is 0.216. The zero-order chi connectivity index (χ0) is 17.6. The van der Waals surface area contributed by atoms with Gasteiger partial charge in [0.15, 0.2) is 0 Å². The number of nitrogens with zero attached hydrogens (tertiary/aromatic N) is 3. The number of aryl methyl sites for hydroxylation is 1. The number of carbonyl (C=O) groups is 1. The molecule has 0 spiro atoms. The number of carboxylic acids is 1. The van der Waals surface area contributed by atoms with Crippen LogP contribution in [-0.2, 0) is 16.8 Å². The average Bonchev–Trinajstić information content (AvgIpc) is 3.08. The van der Waals surface area contributed by atoms with Gasteiger partial charge in [-0.2, -0.15) is 5.10 Å². The number of aromatic nitrogens is 3. The smallest absolute Gasteiger partial charge is 0.347 e. The van der Waals surface area contributed by atoms with Crippen molar-refractivity contribution in [1.82, 2.24) is 14.3 Å². The molecule has 25 heavy (non-hydrogen) atoms. The predicted octanol–water partition coefficient (Wildman–Crippen LogP) is 1.79. The first kappa shape index (κ1) is 14.8. The van der Waals surface area contributed by atoms with Crippen molar-refractivity contribution in [1.29, 1.82) is 0 Å². The monoisotopic (exact) mass is 347 g/mol. The topological polar surface area (TPSA) is 77.1 Å². The summed E-state index contributed by atoms with van der Waals surface area (Å²) in [6.07, 6.45) is 0.752. The molecule has 8 heteroatoms. The number of alkyl halides is 2. The second kappa shape index (κ2) is 4.17. The van der Waals surface area contributed by atoms with Crippen LogP contribution >= 0.6 is 0 Å². The van der Waals surface area contributed by atoms with E-state index in [4.69, 9.17) is 5.11 Å². The molecule has 3 fully saturated rings. The van der Waals surface area contributed by atoms with Gasteiger partial charge in [-0.25, -0.2) is 18.3 Å². The van der Waals surface area contributed by atoms with E-state index < -0.39 is 28.5 Å². The molecule has 1 aromatic heterocycles. The van der Waals surface area contributed by atoms with Crippen LogP contribution in [0.5, 0.6) is 0 Å². The molecule has 0 amide bonds. The van der Waals surface area contributed by atoms with E-state index in [9.17, 15) is 18.4 Å². The Labute approximate surface area is 140 Å². The van der Waals surface area contributed by atoms with Crippen molar-refractivity contribution in [2.75, 3.05) is 0 Å². The van der Waals surface area contributed by atoms with Crippen molar-refractivity contribution in [2.45, 2.75) is 43.2 Å². The normalized spacial score (nSPS) is 34.1. The second-order valence-corrected chi connectivity index (χ2v) is 7.29. The molecule has 1 N–H and O–H groups in total. The summed E-state index contributed by atoms with van der Waals surface area (Å²) in [5, 5.41) is 13.3. The quantitative estimate of drug-likeness (QED) is 0.918. The highest BCUT2D eigenvalue weighted by Crippen LogP contribution is 2.79. The third-order valence-corrected chi connectivity index (χ3v) is 6.21. The number of carboxylic acid groups (broad SMARTS) is 1. The standard InChI is InChI=1S/C17H15F2N3O3/c18-17(19)15(13(23)24)8-16(17,9-15)22-14(25)21-11(6-7-12(21)20-22)10-4-2-1-3-5-10/h1-5,11H,6-9H2,(H,23,24)/t11-,15?,16?/m0/s1. The summed E-state index contributed by atoms with van der Waals surface area (Å²) in [5.74, 6) is -4.46. The van der Waals surface area contributed by atoms with Crippen LogP contribution < -0.4 is 5.69 Å². The van der Waals surface area contributed by atoms with E-state index in [0.29, 0.717) is 18.7 Å². The fourth-order valence-electron chi connectivity index (χ4n) is 4.76. The third-order valence-electron chi connectivity index (χ3n) is 6.21. The molecule has 6 rings (SSSR count). The van der Waals surface area contributed by atoms with Gasteiger partial charge in [0.05, 0.1) is 6.04 Å². The summed E-state index contributed by atoms with van der Waals surface area (Å²) in [4.78, 5) is 24.1. The van der Waals surface area contributed by atoms with Gasteiger partial charge in [-0.3, -0.25) is 9.36 Å². The summed E-state index contributed by atoms with van der Waals surface area (Å²) in [6, 6.07) is 9.20. The molecule has 0 unspecified atom stereocenters. The highest BCUT2D eigenvalue weighted by Gasteiger charge is 2.94. The summed E-state index contributed by atoms with van der Waals surface area (Å²) in [7, 11) is 0. The van der Waals surface area contributed by atoms with E-state index in [1.54, 1.807) is 0 Å². The van der Waals surface area contributed by atoms with Gasteiger partial charge in [-0.1, -0.05) is 30.3 Å². The molecule has 2 aromatic rings. The highest BCUT2D eigenvalue weighted by molar-refractivity contribution is 5.82. The number of rotatable bonds is 3. The lowest BCUT2D eigenvalue weighted by atomic mass is 9.36. The van der Waals surface area contributed by atoms with Crippen LogP contribution in [0, 0.1) is 5.41 Å². The van der Waals surface area contributed by atoms with Crippen LogP contribution in [0.25, 0.3) is 0 Å². The van der Waals surface area contributed by atoms with Crippen LogP contribution in [0.2, 0.25) is 0 Å². The van der Waals surface area contributed by atoms with E-state index in [1.165, 1.54) is 4.57 Å². The molecule has 4 aliphatic rings. The van der Waals surface area contributed by atoms with Gasteiger partial charge in [-0.15, -0.1) is 0 Å². The van der Waals surface area contributed by atoms with Gasteiger partial charge in [0.1, 0.15) is 16.8 Å². The largest absolute Gasteiger partial charge is 0.481 e. The predicted molar refractivity (Wildman–Crippen MR) is 81.6 cm³/mol. The van der Waals surface area contributed by atoms with Crippen molar-refractivity contribution in [2.24, 2.45) is 5.41 Å². The second-order valence-electron chi connectivity index (χ2n) is 7.29. The van der Waals surface area contributed by atoms with Crippen molar-refractivity contribution >= 4 is 5.97 Å². The summed E-state index contributed by atoms with van der Waals surface area (Å²) in [5.41, 5.74) is -3.44. The molecular weight excluding hydrogens is 332 g/mol. The lowest BCUT2D eigenvalue weighted by Gasteiger charge is -2.71. The van der Waals surface area contributed by atoms with Crippen LogP contribution in [0.3, 0.4) is 0 Å². The molecule has 3 aliphatic carbocycles. The summed E-state index contributed by atoms with van der Waals surface area (Å²) < 4.78 is 31.4. The van der Waals surface area contributed by atoms with Gasteiger partial charge < -0.3 is 5.11 Å². The van der Waals surface area contributed by atoms with Gasteiger partial charge in [0.25, 0.3) is 5.92 Å². The molecule has 1 aliphatic heterocycles. The highest BCUT2D eigenvalue weighted by atomic mass is 19.3. The number of fused-ring (bicyclic) bond motifs is 1. The lowest BCUT2D eigenvalue weighted by molar-refractivity contribution is -0.387. The van der Waals surface area contributed by atoms with Gasteiger partial charge in [-0.05, 0) is 12.0 Å². The third kappa shape index (κ3) is 1.40. The first-order chi connectivity index (χ1) is 11.8.